The zero-order valence-electron chi connectivity index (χ0n) is 14.6. The van der Waals surface area contributed by atoms with Gasteiger partial charge in [0, 0.05) is 23.8 Å². The Bertz CT molecular complexity index is 1000. The molecule has 2 aromatic carbocycles. The van der Waals surface area contributed by atoms with Crippen LogP contribution in [0.1, 0.15) is 22.8 Å². The number of anilines is 1. The van der Waals surface area contributed by atoms with Gasteiger partial charge in [-0.2, -0.15) is 5.26 Å². The average Bonchev–Trinajstić information content (AvgIpc) is 3.23. The Labute approximate surface area is 156 Å². The molecule has 1 amide bonds. The lowest BCUT2D eigenvalue weighted by Crippen LogP contribution is -2.30. The van der Waals surface area contributed by atoms with Gasteiger partial charge < -0.3 is 14.6 Å². The van der Waals surface area contributed by atoms with E-state index in [1.165, 1.54) is 6.92 Å². The smallest absolute Gasteiger partial charge is 0.338 e. The van der Waals surface area contributed by atoms with E-state index < -0.39 is 18.0 Å². The summed E-state index contributed by atoms with van der Waals surface area (Å²) in [5, 5.41) is 11.5. The fraction of sp³-hybridized carbons (Fsp3) is 0.0952. The summed E-state index contributed by atoms with van der Waals surface area (Å²) < 4.78 is 7.14. The summed E-state index contributed by atoms with van der Waals surface area (Å²) in [7, 11) is 0. The second-order valence-corrected chi connectivity index (χ2v) is 5.87. The largest absolute Gasteiger partial charge is 0.449 e. The van der Waals surface area contributed by atoms with Crippen LogP contribution >= 0.6 is 0 Å². The van der Waals surface area contributed by atoms with Crippen molar-refractivity contribution >= 4 is 17.6 Å². The van der Waals surface area contributed by atoms with Crippen LogP contribution in [0.5, 0.6) is 0 Å². The van der Waals surface area contributed by atoms with Crippen molar-refractivity contribution in [3.8, 4) is 11.8 Å². The van der Waals surface area contributed by atoms with E-state index in [0.29, 0.717) is 16.8 Å². The van der Waals surface area contributed by atoms with Gasteiger partial charge in [0.1, 0.15) is 0 Å². The van der Waals surface area contributed by atoms with E-state index in [4.69, 9.17) is 10.00 Å². The van der Waals surface area contributed by atoms with Gasteiger partial charge in [-0.25, -0.2) is 4.79 Å². The van der Waals surface area contributed by atoms with Crippen LogP contribution in [0.15, 0.2) is 73.1 Å². The first-order chi connectivity index (χ1) is 13.1. The molecule has 1 N–H and O–H groups in total. The van der Waals surface area contributed by atoms with Gasteiger partial charge >= 0.3 is 5.97 Å². The maximum Gasteiger partial charge on any atom is 0.338 e. The van der Waals surface area contributed by atoms with Crippen LogP contribution in [-0.4, -0.2) is 22.5 Å². The zero-order chi connectivity index (χ0) is 19.2. The van der Waals surface area contributed by atoms with E-state index in [1.54, 1.807) is 42.5 Å². The van der Waals surface area contributed by atoms with Crippen LogP contribution in [0.3, 0.4) is 0 Å². The number of benzene rings is 2. The molecule has 0 saturated carbocycles. The van der Waals surface area contributed by atoms with Crippen molar-refractivity contribution in [3.63, 3.8) is 0 Å². The summed E-state index contributed by atoms with van der Waals surface area (Å²) in [6.45, 7) is 1.50. The Kier molecular flexibility index (Phi) is 5.33. The summed E-state index contributed by atoms with van der Waals surface area (Å²) in [6.07, 6.45) is 2.75. The first-order valence-electron chi connectivity index (χ1n) is 8.32. The summed E-state index contributed by atoms with van der Waals surface area (Å²) in [5.74, 6) is -1.06. The van der Waals surface area contributed by atoms with Crippen LogP contribution < -0.4 is 5.32 Å². The molecular weight excluding hydrogens is 342 g/mol. The van der Waals surface area contributed by atoms with Crippen molar-refractivity contribution in [1.82, 2.24) is 4.57 Å². The zero-order valence-corrected chi connectivity index (χ0v) is 14.6. The molecule has 6 nitrogen and oxygen atoms in total. The molecular formula is C21H17N3O3. The molecule has 0 saturated heterocycles. The topological polar surface area (TPSA) is 84.1 Å². The lowest BCUT2D eigenvalue weighted by atomic mass is 10.2. The lowest BCUT2D eigenvalue weighted by Gasteiger charge is -2.14. The molecule has 1 unspecified atom stereocenters. The molecule has 0 spiro atoms. The molecule has 1 atom stereocenters. The quantitative estimate of drug-likeness (QED) is 0.706. The molecule has 134 valence electrons. The van der Waals surface area contributed by atoms with Crippen molar-refractivity contribution < 1.29 is 14.3 Å². The van der Waals surface area contributed by atoms with Crippen molar-refractivity contribution in [2.75, 3.05) is 5.32 Å². The summed E-state index contributed by atoms with van der Waals surface area (Å²) in [5.41, 5.74) is 2.07. The number of hydrogen-bond donors (Lipinski definition) is 1. The highest BCUT2D eigenvalue weighted by atomic mass is 16.5. The fourth-order valence-electron chi connectivity index (χ4n) is 2.49. The number of carbonyl (C=O) groups is 2. The van der Waals surface area contributed by atoms with Gasteiger partial charge in [-0.15, -0.1) is 0 Å². The predicted molar refractivity (Wildman–Crippen MR) is 100 cm³/mol. The van der Waals surface area contributed by atoms with Gasteiger partial charge in [-0.1, -0.05) is 12.1 Å². The molecule has 0 aliphatic rings. The summed E-state index contributed by atoms with van der Waals surface area (Å²) in [6, 6.07) is 19.2. The minimum atomic E-state index is -0.988. The third-order valence-electron chi connectivity index (χ3n) is 3.90. The number of esters is 1. The van der Waals surface area contributed by atoms with Gasteiger partial charge in [0.25, 0.3) is 5.91 Å². The Morgan fingerprint density at radius 1 is 1.07 bits per heavy atom. The lowest BCUT2D eigenvalue weighted by molar-refractivity contribution is -0.123. The molecule has 0 aliphatic heterocycles. The molecule has 1 aromatic heterocycles. The van der Waals surface area contributed by atoms with E-state index in [0.717, 1.165) is 5.69 Å². The van der Waals surface area contributed by atoms with Crippen molar-refractivity contribution in [2.24, 2.45) is 0 Å². The third-order valence-corrected chi connectivity index (χ3v) is 3.90. The predicted octanol–water partition coefficient (Wildman–Crippen LogP) is 3.53. The van der Waals surface area contributed by atoms with Gasteiger partial charge in [0.2, 0.25) is 0 Å². The van der Waals surface area contributed by atoms with E-state index in [9.17, 15) is 9.59 Å². The fourth-order valence-corrected chi connectivity index (χ4v) is 2.49. The van der Waals surface area contributed by atoms with Crippen LogP contribution in [-0.2, 0) is 9.53 Å². The van der Waals surface area contributed by atoms with Crippen molar-refractivity contribution in [2.45, 2.75) is 13.0 Å². The highest BCUT2D eigenvalue weighted by Gasteiger charge is 2.19. The highest BCUT2D eigenvalue weighted by molar-refractivity contribution is 5.97. The van der Waals surface area contributed by atoms with Gasteiger partial charge in [-0.05, 0) is 55.5 Å². The molecule has 1 heterocycles. The number of hydrogen-bond acceptors (Lipinski definition) is 4. The van der Waals surface area contributed by atoms with E-state index in [1.807, 2.05) is 41.2 Å². The SMILES string of the molecule is CC(OC(=O)c1cccc(-n2cccc2)c1)C(=O)Nc1cccc(C#N)c1. The Morgan fingerprint density at radius 2 is 1.81 bits per heavy atom. The molecule has 6 heteroatoms. The molecule has 0 radical (unpaired) electrons. The first-order valence-corrected chi connectivity index (χ1v) is 8.32. The number of carbonyl (C=O) groups excluding carboxylic acids is 2. The van der Waals surface area contributed by atoms with E-state index in [-0.39, 0.29) is 0 Å². The maximum absolute atomic E-state index is 12.4. The monoisotopic (exact) mass is 359 g/mol. The second-order valence-electron chi connectivity index (χ2n) is 5.87. The summed E-state index contributed by atoms with van der Waals surface area (Å²) >= 11 is 0. The number of nitriles is 1. The maximum atomic E-state index is 12.4. The van der Waals surface area contributed by atoms with Gasteiger partial charge in [0.15, 0.2) is 6.10 Å². The Hall–Kier alpha value is -3.85. The normalized spacial score (nSPS) is 11.3. The van der Waals surface area contributed by atoms with Crippen LogP contribution in [0.2, 0.25) is 0 Å². The van der Waals surface area contributed by atoms with Crippen LogP contribution in [0.4, 0.5) is 5.69 Å². The molecule has 0 aliphatic carbocycles. The Balaban J connectivity index is 1.66. The summed E-state index contributed by atoms with van der Waals surface area (Å²) in [4.78, 5) is 24.6. The van der Waals surface area contributed by atoms with Crippen molar-refractivity contribution in [3.05, 3.63) is 84.2 Å². The molecule has 0 bridgehead atoms. The number of nitrogens with zero attached hydrogens (tertiary/aromatic N) is 2. The standard InChI is InChI=1S/C21H17N3O3/c1-15(20(25)23-18-8-4-6-16(12-18)14-22)27-21(26)17-7-5-9-19(13-17)24-10-2-3-11-24/h2-13,15H,1H3,(H,23,25). The van der Waals surface area contributed by atoms with Crippen LogP contribution in [0, 0.1) is 11.3 Å². The minimum Gasteiger partial charge on any atom is -0.449 e. The highest BCUT2D eigenvalue weighted by Crippen LogP contribution is 2.14. The molecule has 3 rings (SSSR count). The van der Waals surface area contributed by atoms with Gasteiger partial charge in [0.05, 0.1) is 17.2 Å². The third kappa shape index (κ3) is 4.41. The van der Waals surface area contributed by atoms with Crippen LogP contribution in [0.25, 0.3) is 5.69 Å². The molecule has 3 aromatic rings. The van der Waals surface area contributed by atoms with E-state index >= 15 is 0 Å². The number of ether oxygens (including phenoxy) is 1. The number of nitrogens with one attached hydrogen (secondary N) is 1. The number of amides is 1. The molecule has 27 heavy (non-hydrogen) atoms. The van der Waals surface area contributed by atoms with E-state index in [2.05, 4.69) is 5.32 Å². The number of aromatic nitrogens is 1. The number of rotatable bonds is 5. The Morgan fingerprint density at radius 3 is 2.56 bits per heavy atom. The minimum absolute atomic E-state index is 0.354. The average molecular weight is 359 g/mol. The van der Waals surface area contributed by atoms with Gasteiger partial charge in [-0.3, -0.25) is 4.79 Å². The molecule has 0 fully saturated rings. The van der Waals surface area contributed by atoms with Crippen molar-refractivity contribution in [1.29, 1.82) is 5.26 Å². The second kappa shape index (κ2) is 8.02. The first kappa shape index (κ1) is 18.0.